The van der Waals surface area contributed by atoms with Crippen LogP contribution in [0.1, 0.15) is 37.6 Å². The quantitative estimate of drug-likeness (QED) is 0.872. The van der Waals surface area contributed by atoms with E-state index >= 15 is 0 Å². The van der Waals surface area contributed by atoms with Crippen molar-refractivity contribution in [2.45, 2.75) is 32.7 Å². The fraction of sp³-hybridized carbons (Fsp3) is 0.400. The first kappa shape index (κ1) is 12.9. The average molecular weight is 320 g/mol. The van der Waals surface area contributed by atoms with Gasteiger partial charge >= 0.3 is 0 Å². The lowest BCUT2D eigenvalue weighted by Crippen LogP contribution is -2.30. The molecule has 4 heteroatoms. The highest BCUT2D eigenvalue weighted by Crippen LogP contribution is 2.41. The van der Waals surface area contributed by atoms with E-state index in [-0.39, 0.29) is 11.5 Å². The summed E-state index contributed by atoms with van der Waals surface area (Å²) < 4.78 is 3.24. The van der Waals surface area contributed by atoms with Crippen molar-refractivity contribution in [3.63, 3.8) is 0 Å². The molecule has 3 nitrogen and oxygen atoms in total. The van der Waals surface area contributed by atoms with Crippen LogP contribution in [0.15, 0.2) is 35.2 Å². The number of pyridine rings is 1. The average Bonchev–Trinajstić information content (AvgIpc) is 2.72. The molecule has 3 rings (SSSR count). The molecule has 1 aliphatic rings. The molecule has 2 heterocycles. The van der Waals surface area contributed by atoms with Crippen LogP contribution >= 0.6 is 15.9 Å². The maximum Gasteiger partial charge on any atom is 0.0625 e. The highest BCUT2D eigenvalue weighted by molar-refractivity contribution is 9.10. The Morgan fingerprint density at radius 1 is 1.42 bits per heavy atom. The summed E-state index contributed by atoms with van der Waals surface area (Å²) in [5, 5.41) is 0. The zero-order valence-electron chi connectivity index (χ0n) is 11.2. The van der Waals surface area contributed by atoms with Gasteiger partial charge in [-0.05, 0) is 51.9 Å². The summed E-state index contributed by atoms with van der Waals surface area (Å²) in [7, 11) is 0. The van der Waals surface area contributed by atoms with Gasteiger partial charge in [-0.2, -0.15) is 0 Å². The fourth-order valence-electron chi connectivity index (χ4n) is 3.02. The SMILES string of the molecule is CC1(C)Cc2c(ccn2-c2ccncc2Br)C(N)C1. The number of nitrogens with zero attached hydrogens (tertiary/aromatic N) is 2. The van der Waals surface area contributed by atoms with Gasteiger partial charge in [-0.25, -0.2) is 0 Å². The molecule has 2 aromatic rings. The smallest absolute Gasteiger partial charge is 0.0625 e. The number of halogens is 1. The van der Waals surface area contributed by atoms with Crippen molar-refractivity contribution in [2.24, 2.45) is 11.1 Å². The Labute approximate surface area is 122 Å². The van der Waals surface area contributed by atoms with Gasteiger partial charge in [0.15, 0.2) is 0 Å². The summed E-state index contributed by atoms with van der Waals surface area (Å²) in [6.45, 7) is 4.57. The minimum atomic E-state index is 0.139. The molecule has 0 fully saturated rings. The molecule has 0 aliphatic heterocycles. The molecule has 0 radical (unpaired) electrons. The second kappa shape index (κ2) is 4.46. The molecule has 1 aliphatic carbocycles. The molecule has 100 valence electrons. The maximum absolute atomic E-state index is 6.31. The third-order valence-corrected chi connectivity index (χ3v) is 4.47. The molecular formula is C15H18BrN3. The Morgan fingerprint density at radius 2 is 2.21 bits per heavy atom. The van der Waals surface area contributed by atoms with Gasteiger partial charge in [0.1, 0.15) is 0 Å². The van der Waals surface area contributed by atoms with Gasteiger partial charge in [0, 0.05) is 30.3 Å². The van der Waals surface area contributed by atoms with E-state index in [4.69, 9.17) is 5.73 Å². The van der Waals surface area contributed by atoms with Crippen molar-refractivity contribution >= 4 is 15.9 Å². The van der Waals surface area contributed by atoms with E-state index in [0.29, 0.717) is 0 Å². The number of aromatic nitrogens is 2. The number of hydrogen-bond donors (Lipinski definition) is 1. The molecular weight excluding hydrogens is 302 g/mol. The van der Waals surface area contributed by atoms with Crippen molar-refractivity contribution in [3.8, 4) is 5.69 Å². The van der Waals surface area contributed by atoms with Gasteiger partial charge in [-0.3, -0.25) is 4.98 Å². The monoisotopic (exact) mass is 319 g/mol. The molecule has 0 amide bonds. The second-order valence-electron chi connectivity index (χ2n) is 6.07. The van der Waals surface area contributed by atoms with Crippen LogP contribution < -0.4 is 5.73 Å². The van der Waals surface area contributed by atoms with Crippen molar-refractivity contribution in [1.82, 2.24) is 9.55 Å². The predicted molar refractivity (Wildman–Crippen MR) is 80.3 cm³/mol. The number of rotatable bonds is 1. The molecule has 0 bridgehead atoms. The highest BCUT2D eigenvalue weighted by atomic mass is 79.9. The van der Waals surface area contributed by atoms with Crippen molar-refractivity contribution in [1.29, 1.82) is 0 Å². The Hall–Kier alpha value is -1.13. The van der Waals surface area contributed by atoms with Crippen LogP contribution in [0.3, 0.4) is 0 Å². The van der Waals surface area contributed by atoms with E-state index in [9.17, 15) is 0 Å². The Balaban J connectivity index is 2.14. The van der Waals surface area contributed by atoms with Crippen LogP contribution in [0.5, 0.6) is 0 Å². The molecule has 2 N–H and O–H groups in total. The number of nitrogens with two attached hydrogens (primary N) is 1. The summed E-state index contributed by atoms with van der Waals surface area (Å²) in [5.41, 5.74) is 10.3. The Bertz CT molecular complexity index is 616. The van der Waals surface area contributed by atoms with Crippen molar-refractivity contribution in [2.75, 3.05) is 0 Å². The molecule has 2 aromatic heterocycles. The van der Waals surface area contributed by atoms with Gasteiger partial charge in [0.2, 0.25) is 0 Å². The molecule has 1 atom stereocenters. The largest absolute Gasteiger partial charge is 0.324 e. The lowest BCUT2D eigenvalue weighted by atomic mass is 9.74. The first-order valence-corrected chi connectivity index (χ1v) is 7.33. The van der Waals surface area contributed by atoms with E-state index in [1.165, 1.54) is 11.3 Å². The van der Waals surface area contributed by atoms with Crippen LogP contribution in [-0.2, 0) is 6.42 Å². The summed E-state index contributed by atoms with van der Waals surface area (Å²) in [6, 6.07) is 4.32. The van der Waals surface area contributed by atoms with E-state index < -0.39 is 0 Å². The van der Waals surface area contributed by atoms with Crippen LogP contribution in [0.2, 0.25) is 0 Å². The normalized spacial score (nSPS) is 21.2. The maximum atomic E-state index is 6.31. The van der Waals surface area contributed by atoms with E-state index in [0.717, 1.165) is 23.0 Å². The molecule has 0 aromatic carbocycles. The van der Waals surface area contributed by atoms with Gasteiger partial charge in [-0.15, -0.1) is 0 Å². The topological polar surface area (TPSA) is 43.8 Å². The summed E-state index contributed by atoms with van der Waals surface area (Å²) in [4.78, 5) is 4.13. The zero-order chi connectivity index (χ0) is 13.6. The second-order valence-corrected chi connectivity index (χ2v) is 6.92. The molecule has 0 saturated heterocycles. The minimum Gasteiger partial charge on any atom is -0.324 e. The Morgan fingerprint density at radius 3 is 2.95 bits per heavy atom. The molecule has 1 unspecified atom stereocenters. The molecule has 19 heavy (non-hydrogen) atoms. The number of fused-ring (bicyclic) bond motifs is 1. The summed E-state index contributed by atoms with van der Waals surface area (Å²) in [5.74, 6) is 0. The van der Waals surface area contributed by atoms with Crippen LogP contribution in [-0.4, -0.2) is 9.55 Å². The Kier molecular flexibility index (Phi) is 3.02. The lowest BCUT2D eigenvalue weighted by Gasteiger charge is -2.34. The minimum absolute atomic E-state index is 0.139. The van der Waals surface area contributed by atoms with Crippen molar-refractivity contribution in [3.05, 3.63) is 46.5 Å². The van der Waals surface area contributed by atoms with E-state index in [1.807, 2.05) is 18.5 Å². The summed E-state index contributed by atoms with van der Waals surface area (Å²) >= 11 is 3.57. The molecule has 0 spiro atoms. The van der Waals surface area contributed by atoms with Gasteiger partial charge in [0.25, 0.3) is 0 Å². The number of hydrogen-bond acceptors (Lipinski definition) is 2. The van der Waals surface area contributed by atoms with Crippen LogP contribution in [0.25, 0.3) is 5.69 Å². The van der Waals surface area contributed by atoms with Gasteiger partial charge in [-0.1, -0.05) is 13.8 Å². The van der Waals surface area contributed by atoms with Crippen molar-refractivity contribution < 1.29 is 0 Å². The van der Waals surface area contributed by atoms with Gasteiger partial charge in [0.05, 0.1) is 10.2 Å². The lowest BCUT2D eigenvalue weighted by molar-refractivity contribution is 0.278. The zero-order valence-corrected chi connectivity index (χ0v) is 12.8. The van der Waals surface area contributed by atoms with Gasteiger partial charge < -0.3 is 10.3 Å². The standard InChI is InChI=1S/C15H18BrN3/c1-15(2)7-12(17)10-4-6-19(14(10)8-15)13-3-5-18-9-11(13)16/h3-6,9,12H,7-8,17H2,1-2H3. The summed E-state index contributed by atoms with van der Waals surface area (Å²) in [6.07, 6.45) is 7.86. The third-order valence-electron chi connectivity index (χ3n) is 3.86. The highest BCUT2D eigenvalue weighted by Gasteiger charge is 2.32. The fourth-order valence-corrected chi connectivity index (χ4v) is 3.47. The third kappa shape index (κ3) is 2.23. The van der Waals surface area contributed by atoms with Crippen LogP contribution in [0, 0.1) is 5.41 Å². The first-order chi connectivity index (χ1) is 8.98. The van der Waals surface area contributed by atoms with E-state index in [1.54, 1.807) is 0 Å². The van der Waals surface area contributed by atoms with Crippen LogP contribution in [0.4, 0.5) is 0 Å². The first-order valence-electron chi connectivity index (χ1n) is 6.53. The predicted octanol–water partition coefficient (Wildman–Crippen LogP) is 3.61. The van der Waals surface area contributed by atoms with E-state index in [2.05, 4.69) is 51.6 Å². The molecule has 0 saturated carbocycles.